The van der Waals surface area contributed by atoms with Crippen LogP contribution in [-0.2, 0) is 16.4 Å². The molecule has 0 radical (unpaired) electrons. The maximum atomic E-state index is 13.1. The first-order valence-electron chi connectivity index (χ1n) is 11.4. The fourth-order valence-electron chi connectivity index (χ4n) is 4.14. The van der Waals surface area contributed by atoms with E-state index in [0.717, 1.165) is 46.7 Å². The summed E-state index contributed by atoms with van der Waals surface area (Å²) in [4.78, 5) is 9.56. The molecule has 0 amide bonds. The molecule has 1 fully saturated rings. The van der Waals surface area contributed by atoms with E-state index in [-0.39, 0.29) is 5.92 Å². The van der Waals surface area contributed by atoms with Crippen molar-refractivity contribution in [3.05, 3.63) is 70.4 Å². The Morgan fingerprint density at radius 2 is 1.79 bits per heavy atom. The molecular formula is C25H26N4O3S2. The Bertz CT molecular complexity index is 1380. The molecule has 176 valence electrons. The molecule has 0 saturated carbocycles. The van der Waals surface area contributed by atoms with E-state index in [0.29, 0.717) is 29.7 Å². The lowest BCUT2D eigenvalue weighted by molar-refractivity contribution is 0.265. The molecule has 0 N–H and O–H groups in total. The van der Waals surface area contributed by atoms with Crippen LogP contribution < -0.4 is 0 Å². The highest BCUT2D eigenvalue weighted by Gasteiger charge is 2.33. The Hall–Kier alpha value is -2.88. The molecule has 7 nitrogen and oxygen atoms in total. The van der Waals surface area contributed by atoms with Gasteiger partial charge in [-0.2, -0.15) is 9.29 Å². The van der Waals surface area contributed by atoms with Gasteiger partial charge in [0.1, 0.15) is 0 Å². The molecule has 0 bridgehead atoms. The first-order chi connectivity index (χ1) is 16.4. The number of aryl methyl sites for hydroxylation is 2. The smallest absolute Gasteiger partial charge is 0.243 e. The highest BCUT2D eigenvalue weighted by atomic mass is 32.2. The van der Waals surface area contributed by atoms with Crippen LogP contribution in [0.3, 0.4) is 0 Å². The van der Waals surface area contributed by atoms with Crippen LogP contribution in [0.25, 0.3) is 22.6 Å². The minimum absolute atomic E-state index is 0.128. The number of benzene rings is 2. The second-order valence-electron chi connectivity index (χ2n) is 8.53. The summed E-state index contributed by atoms with van der Waals surface area (Å²) in [5.74, 6) is 0.861. The lowest BCUT2D eigenvalue weighted by atomic mass is 10.00. The average Bonchev–Trinajstić information content (AvgIpc) is 3.55. The number of hydrogen-bond acceptors (Lipinski definition) is 7. The van der Waals surface area contributed by atoms with Crippen molar-refractivity contribution in [2.75, 3.05) is 13.1 Å². The second-order valence-corrected chi connectivity index (χ2v) is 11.4. The zero-order valence-electron chi connectivity index (χ0n) is 19.1. The highest BCUT2D eigenvalue weighted by molar-refractivity contribution is 7.89. The molecule has 0 aliphatic carbocycles. The van der Waals surface area contributed by atoms with Gasteiger partial charge in [-0.05, 0) is 38.3 Å². The molecule has 5 rings (SSSR count). The summed E-state index contributed by atoms with van der Waals surface area (Å²) in [6.07, 6.45) is 2.49. The summed E-state index contributed by atoms with van der Waals surface area (Å²) in [5, 5.41) is 7.36. The summed E-state index contributed by atoms with van der Waals surface area (Å²) in [7, 11) is -3.56. The summed E-state index contributed by atoms with van der Waals surface area (Å²) < 4.78 is 33.4. The Labute approximate surface area is 203 Å². The maximum absolute atomic E-state index is 13.1. The lowest BCUT2D eigenvalue weighted by Crippen LogP contribution is -2.39. The van der Waals surface area contributed by atoms with Gasteiger partial charge < -0.3 is 4.52 Å². The fourth-order valence-corrected chi connectivity index (χ4v) is 6.41. The van der Waals surface area contributed by atoms with Gasteiger partial charge in [-0.25, -0.2) is 13.4 Å². The normalized spacial score (nSPS) is 17.2. The summed E-state index contributed by atoms with van der Waals surface area (Å²) >= 11 is 1.67. The van der Waals surface area contributed by atoms with Crippen molar-refractivity contribution in [2.24, 2.45) is 0 Å². The number of piperidine rings is 1. The van der Waals surface area contributed by atoms with E-state index >= 15 is 0 Å². The van der Waals surface area contributed by atoms with Crippen LogP contribution in [0.4, 0.5) is 0 Å². The van der Waals surface area contributed by atoms with Gasteiger partial charge in [0.15, 0.2) is 0 Å². The van der Waals surface area contributed by atoms with Gasteiger partial charge in [0.2, 0.25) is 21.7 Å². The maximum Gasteiger partial charge on any atom is 0.243 e. The molecule has 1 saturated heterocycles. The van der Waals surface area contributed by atoms with Crippen molar-refractivity contribution in [2.45, 2.75) is 43.9 Å². The molecule has 2 aromatic carbocycles. The zero-order valence-corrected chi connectivity index (χ0v) is 20.8. The van der Waals surface area contributed by atoms with E-state index in [1.807, 2.05) is 43.3 Å². The van der Waals surface area contributed by atoms with Crippen LogP contribution in [0.2, 0.25) is 0 Å². The zero-order chi connectivity index (χ0) is 23.7. The largest absolute Gasteiger partial charge is 0.339 e. The van der Waals surface area contributed by atoms with E-state index < -0.39 is 10.0 Å². The summed E-state index contributed by atoms with van der Waals surface area (Å²) in [6, 6.07) is 14.9. The van der Waals surface area contributed by atoms with Crippen molar-refractivity contribution in [1.82, 2.24) is 19.4 Å². The molecule has 1 aliphatic heterocycles. The summed E-state index contributed by atoms with van der Waals surface area (Å²) in [6.45, 7) is 4.87. The quantitative estimate of drug-likeness (QED) is 0.361. The van der Waals surface area contributed by atoms with Gasteiger partial charge in [0.25, 0.3) is 0 Å². The Morgan fingerprint density at radius 1 is 1.06 bits per heavy atom. The number of hydrogen-bond donors (Lipinski definition) is 0. The Balaban J connectivity index is 1.31. The fraction of sp³-hybridized carbons (Fsp3) is 0.320. The molecule has 2 aromatic heterocycles. The molecule has 1 atom stereocenters. The van der Waals surface area contributed by atoms with Crippen molar-refractivity contribution in [1.29, 1.82) is 0 Å². The van der Waals surface area contributed by atoms with Crippen molar-refractivity contribution in [3.63, 3.8) is 0 Å². The van der Waals surface area contributed by atoms with Crippen molar-refractivity contribution in [3.8, 4) is 22.6 Å². The molecule has 1 aliphatic rings. The number of thiazole rings is 1. The Kier molecular flexibility index (Phi) is 6.33. The lowest BCUT2D eigenvalue weighted by Gasteiger charge is -2.30. The van der Waals surface area contributed by atoms with Crippen LogP contribution >= 0.6 is 11.3 Å². The monoisotopic (exact) mass is 494 g/mol. The van der Waals surface area contributed by atoms with Gasteiger partial charge in [-0.3, -0.25) is 0 Å². The van der Waals surface area contributed by atoms with E-state index in [9.17, 15) is 8.42 Å². The number of aromatic nitrogens is 3. The number of rotatable bonds is 6. The van der Waals surface area contributed by atoms with Crippen molar-refractivity contribution >= 4 is 21.4 Å². The summed E-state index contributed by atoms with van der Waals surface area (Å²) in [5.41, 5.74) is 3.90. The molecule has 34 heavy (non-hydrogen) atoms. The van der Waals surface area contributed by atoms with Gasteiger partial charge in [-0.1, -0.05) is 54.0 Å². The van der Waals surface area contributed by atoms with Crippen LogP contribution in [-0.4, -0.2) is 40.9 Å². The molecule has 1 unspecified atom stereocenters. The van der Waals surface area contributed by atoms with Crippen LogP contribution in [0.15, 0.2) is 63.3 Å². The third-order valence-electron chi connectivity index (χ3n) is 6.13. The SMILES string of the molecule is CCc1nc(-c2ccc(-c3noc(C4CCCN(S(=O)(=O)c5ccc(C)cc5)C4)n3)cc2)cs1. The topological polar surface area (TPSA) is 89.2 Å². The highest BCUT2D eigenvalue weighted by Crippen LogP contribution is 2.31. The van der Waals surface area contributed by atoms with Crippen molar-refractivity contribution < 1.29 is 12.9 Å². The predicted octanol–water partition coefficient (Wildman–Crippen LogP) is 5.30. The van der Waals surface area contributed by atoms with E-state index in [4.69, 9.17) is 4.52 Å². The number of sulfonamides is 1. The van der Waals surface area contributed by atoms with Gasteiger partial charge >= 0.3 is 0 Å². The average molecular weight is 495 g/mol. The first-order valence-corrected chi connectivity index (χ1v) is 13.7. The van der Waals surface area contributed by atoms with Crippen LogP contribution in [0.1, 0.15) is 42.1 Å². The first kappa shape index (κ1) is 22.9. The molecular weight excluding hydrogens is 468 g/mol. The molecule has 9 heteroatoms. The van der Waals surface area contributed by atoms with Crippen LogP contribution in [0.5, 0.6) is 0 Å². The van der Waals surface area contributed by atoms with E-state index in [2.05, 4.69) is 27.4 Å². The minimum atomic E-state index is -3.56. The van der Waals surface area contributed by atoms with E-state index in [1.165, 1.54) is 4.31 Å². The Morgan fingerprint density at radius 3 is 2.50 bits per heavy atom. The van der Waals surface area contributed by atoms with Gasteiger partial charge in [-0.15, -0.1) is 11.3 Å². The van der Waals surface area contributed by atoms with Crippen LogP contribution in [0, 0.1) is 6.92 Å². The standard InChI is InChI=1S/C25H26N4O3S2/c1-3-23-26-22(16-33-23)18-8-10-19(11-9-18)24-27-25(32-28-24)20-5-4-14-29(15-20)34(30,31)21-12-6-17(2)7-13-21/h6-13,16,20H,3-5,14-15H2,1-2H3. The predicted molar refractivity (Wildman–Crippen MR) is 132 cm³/mol. The molecule has 0 spiro atoms. The minimum Gasteiger partial charge on any atom is -0.339 e. The molecule has 3 heterocycles. The second kappa shape index (κ2) is 9.40. The van der Waals surface area contributed by atoms with Gasteiger partial charge in [0.05, 0.1) is 21.5 Å². The third-order valence-corrected chi connectivity index (χ3v) is 9.00. The van der Waals surface area contributed by atoms with E-state index in [1.54, 1.807) is 23.5 Å². The molecule has 4 aromatic rings. The number of nitrogens with zero attached hydrogens (tertiary/aromatic N) is 4. The third kappa shape index (κ3) is 4.55. The van der Waals surface area contributed by atoms with Gasteiger partial charge in [0, 0.05) is 29.6 Å².